The molecule has 0 aliphatic heterocycles. The van der Waals surface area contributed by atoms with E-state index in [2.05, 4.69) is 16.2 Å². The summed E-state index contributed by atoms with van der Waals surface area (Å²) in [6, 6.07) is 5.60. The van der Waals surface area contributed by atoms with Gasteiger partial charge >= 0.3 is 0 Å². The smallest absolute Gasteiger partial charge is 0.269 e. The van der Waals surface area contributed by atoms with Gasteiger partial charge in [-0.25, -0.2) is 12.7 Å². The first kappa shape index (κ1) is 20.3. The van der Waals surface area contributed by atoms with Gasteiger partial charge in [0.15, 0.2) is 5.11 Å². The number of sulfonamides is 1. The van der Waals surface area contributed by atoms with E-state index in [0.717, 1.165) is 4.31 Å². The van der Waals surface area contributed by atoms with Gasteiger partial charge in [0.05, 0.1) is 11.5 Å². The normalized spacial score (nSPS) is 12.5. The minimum absolute atomic E-state index is 0.0116. The third-order valence-corrected chi connectivity index (χ3v) is 5.03. The van der Waals surface area contributed by atoms with Crippen molar-refractivity contribution in [2.24, 2.45) is 0 Å². The van der Waals surface area contributed by atoms with Crippen LogP contribution in [-0.4, -0.2) is 57.6 Å². The van der Waals surface area contributed by atoms with Crippen molar-refractivity contribution in [1.29, 1.82) is 0 Å². The number of carbonyl (C=O) groups excluding carboxylic acids is 1. The molecule has 0 radical (unpaired) electrons. The fourth-order valence-corrected chi connectivity index (χ4v) is 2.88. The Morgan fingerprint density at radius 1 is 1.25 bits per heavy atom. The maximum Gasteiger partial charge on any atom is 0.269 e. The van der Waals surface area contributed by atoms with Gasteiger partial charge in [0.25, 0.3) is 5.91 Å². The highest BCUT2D eigenvalue weighted by Crippen LogP contribution is 2.13. The molecule has 1 aromatic rings. The van der Waals surface area contributed by atoms with E-state index in [9.17, 15) is 13.2 Å². The minimum Gasteiger partial charge on any atom is -0.383 e. The van der Waals surface area contributed by atoms with Crippen molar-refractivity contribution in [3.8, 4) is 0 Å². The number of hydrogen-bond donors (Lipinski definition) is 3. The van der Waals surface area contributed by atoms with Gasteiger partial charge in [0.1, 0.15) is 0 Å². The molecule has 134 valence electrons. The molecule has 8 nitrogen and oxygen atoms in total. The number of hydrazine groups is 1. The molecule has 0 saturated heterocycles. The zero-order chi connectivity index (χ0) is 18.3. The van der Waals surface area contributed by atoms with Crippen molar-refractivity contribution in [3.05, 3.63) is 29.8 Å². The van der Waals surface area contributed by atoms with E-state index >= 15 is 0 Å². The Morgan fingerprint density at radius 3 is 2.33 bits per heavy atom. The van der Waals surface area contributed by atoms with Crippen LogP contribution in [0.1, 0.15) is 17.3 Å². The molecule has 0 saturated carbocycles. The summed E-state index contributed by atoms with van der Waals surface area (Å²) in [6.45, 7) is 2.35. The zero-order valence-electron chi connectivity index (χ0n) is 14.0. The van der Waals surface area contributed by atoms with Crippen molar-refractivity contribution in [3.63, 3.8) is 0 Å². The molecular formula is C14H22N4O4S2. The standard InChI is InChI=1S/C14H22N4O4S2/c1-10(9-22-4)15-14(23)17-16-13(19)11-5-7-12(8-6-11)24(20,21)18(2)3/h5-8,10H,9H2,1-4H3,(H,16,19)(H2,15,17,23)/t10-/m1/s1. The van der Waals surface area contributed by atoms with Crippen LogP contribution in [0.4, 0.5) is 0 Å². The zero-order valence-corrected chi connectivity index (χ0v) is 15.6. The highest BCUT2D eigenvalue weighted by atomic mass is 32.2. The Morgan fingerprint density at radius 2 is 1.83 bits per heavy atom. The van der Waals surface area contributed by atoms with Gasteiger partial charge in [0.2, 0.25) is 10.0 Å². The Balaban J connectivity index is 2.62. The molecule has 0 spiro atoms. The molecule has 1 atom stereocenters. The average molecular weight is 374 g/mol. The van der Waals surface area contributed by atoms with Gasteiger partial charge in [-0.15, -0.1) is 0 Å². The van der Waals surface area contributed by atoms with Crippen LogP contribution in [0.2, 0.25) is 0 Å². The molecule has 1 rings (SSSR count). The van der Waals surface area contributed by atoms with E-state index in [4.69, 9.17) is 17.0 Å². The molecule has 3 N–H and O–H groups in total. The van der Waals surface area contributed by atoms with Crippen molar-refractivity contribution < 1.29 is 17.9 Å². The first-order chi connectivity index (χ1) is 11.2. The molecule has 0 aliphatic rings. The van der Waals surface area contributed by atoms with Crippen LogP contribution in [0.15, 0.2) is 29.2 Å². The number of nitrogens with one attached hydrogen (secondary N) is 3. The molecule has 0 fully saturated rings. The summed E-state index contributed by atoms with van der Waals surface area (Å²) in [5.41, 5.74) is 5.30. The molecule has 1 amide bonds. The summed E-state index contributed by atoms with van der Waals surface area (Å²) in [5, 5.41) is 3.17. The molecule has 0 aliphatic carbocycles. The fraction of sp³-hybridized carbons (Fsp3) is 0.429. The van der Waals surface area contributed by atoms with Crippen LogP contribution in [0, 0.1) is 0 Å². The number of nitrogens with zero attached hydrogens (tertiary/aromatic N) is 1. The molecule has 10 heteroatoms. The molecular weight excluding hydrogens is 352 g/mol. The average Bonchev–Trinajstić information content (AvgIpc) is 2.52. The molecule has 0 aromatic heterocycles. The fourth-order valence-electron chi connectivity index (χ4n) is 1.73. The van der Waals surface area contributed by atoms with Crippen molar-refractivity contribution in [2.45, 2.75) is 17.9 Å². The Kier molecular flexibility index (Phi) is 7.55. The second-order valence-electron chi connectivity index (χ2n) is 5.22. The lowest BCUT2D eigenvalue weighted by Crippen LogP contribution is -2.49. The number of hydrogen-bond acceptors (Lipinski definition) is 5. The maximum atomic E-state index is 12.0. The first-order valence-electron chi connectivity index (χ1n) is 7.07. The predicted octanol–water partition coefficient (Wildman–Crippen LogP) is 0.0807. The second-order valence-corrected chi connectivity index (χ2v) is 7.78. The van der Waals surface area contributed by atoms with Crippen LogP contribution in [0.5, 0.6) is 0 Å². The monoisotopic (exact) mass is 374 g/mol. The second kappa shape index (κ2) is 8.92. The minimum atomic E-state index is -3.52. The van der Waals surface area contributed by atoms with E-state index in [1.165, 1.54) is 38.4 Å². The lowest BCUT2D eigenvalue weighted by molar-refractivity contribution is 0.0943. The summed E-state index contributed by atoms with van der Waals surface area (Å²) in [7, 11) is 0.945. The lowest BCUT2D eigenvalue weighted by atomic mass is 10.2. The van der Waals surface area contributed by atoms with Crippen LogP contribution in [-0.2, 0) is 14.8 Å². The first-order valence-corrected chi connectivity index (χ1v) is 8.91. The van der Waals surface area contributed by atoms with Crippen LogP contribution in [0.25, 0.3) is 0 Å². The summed E-state index contributed by atoms with van der Waals surface area (Å²) in [4.78, 5) is 12.1. The summed E-state index contributed by atoms with van der Waals surface area (Å²) < 4.78 is 30.0. The highest BCUT2D eigenvalue weighted by Gasteiger charge is 2.17. The molecule has 0 heterocycles. The molecule has 24 heavy (non-hydrogen) atoms. The van der Waals surface area contributed by atoms with Gasteiger partial charge in [-0.05, 0) is 43.4 Å². The topological polar surface area (TPSA) is 99.8 Å². The number of methoxy groups -OCH3 is 1. The quantitative estimate of drug-likeness (QED) is 0.479. The summed E-state index contributed by atoms with van der Waals surface area (Å²) in [6.07, 6.45) is 0. The molecule has 0 unspecified atom stereocenters. The van der Waals surface area contributed by atoms with Crippen molar-refractivity contribution in [1.82, 2.24) is 20.5 Å². The number of carbonyl (C=O) groups is 1. The Labute approximate surface area is 147 Å². The number of benzene rings is 1. The van der Waals surface area contributed by atoms with Crippen molar-refractivity contribution in [2.75, 3.05) is 27.8 Å². The largest absolute Gasteiger partial charge is 0.383 e. The number of rotatable bonds is 6. The van der Waals surface area contributed by atoms with Crippen LogP contribution < -0.4 is 16.2 Å². The van der Waals surface area contributed by atoms with E-state index in [-0.39, 0.29) is 16.0 Å². The van der Waals surface area contributed by atoms with E-state index in [1.54, 1.807) is 7.11 Å². The van der Waals surface area contributed by atoms with Crippen LogP contribution in [0.3, 0.4) is 0 Å². The number of ether oxygens (including phenoxy) is 1. The van der Waals surface area contributed by atoms with Gasteiger partial charge in [-0.3, -0.25) is 15.6 Å². The van der Waals surface area contributed by atoms with Crippen LogP contribution >= 0.6 is 12.2 Å². The predicted molar refractivity (Wildman–Crippen MR) is 95.0 cm³/mol. The molecule has 1 aromatic carbocycles. The maximum absolute atomic E-state index is 12.0. The van der Waals surface area contributed by atoms with Gasteiger partial charge in [-0.1, -0.05) is 0 Å². The number of amides is 1. The summed E-state index contributed by atoms with van der Waals surface area (Å²) >= 11 is 5.03. The lowest BCUT2D eigenvalue weighted by Gasteiger charge is -2.16. The molecule has 0 bridgehead atoms. The third-order valence-electron chi connectivity index (χ3n) is 2.98. The Bertz CT molecular complexity index is 675. The van der Waals surface area contributed by atoms with Gasteiger partial charge in [0, 0.05) is 32.8 Å². The van der Waals surface area contributed by atoms with E-state index in [1.807, 2.05) is 6.92 Å². The van der Waals surface area contributed by atoms with E-state index < -0.39 is 15.9 Å². The van der Waals surface area contributed by atoms with Crippen molar-refractivity contribution >= 4 is 33.3 Å². The van der Waals surface area contributed by atoms with Gasteiger partial charge < -0.3 is 10.1 Å². The highest BCUT2D eigenvalue weighted by molar-refractivity contribution is 7.89. The van der Waals surface area contributed by atoms with Gasteiger partial charge in [-0.2, -0.15) is 0 Å². The Hall–Kier alpha value is -1.75. The van der Waals surface area contributed by atoms with E-state index in [0.29, 0.717) is 12.2 Å². The third kappa shape index (κ3) is 5.71. The number of thiocarbonyl (C=S) groups is 1. The SMILES string of the molecule is COC[C@@H](C)NC(=S)NNC(=O)c1ccc(S(=O)(=O)N(C)C)cc1. The summed E-state index contributed by atoms with van der Waals surface area (Å²) in [5.74, 6) is -0.438.